The van der Waals surface area contributed by atoms with Gasteiger partial charge in [0.2, 0.25) is 5.56 Å². The largest absolute Gasteiger partial charge is 0.487 e. The highest BCUT2D eigenvalue weighted by atomic mass is 16.6. The standard InChI is InChI=1S/C18H17NO3.2C2H6.C2H2/c1-3-4-5-12(2)10-21-15-8-6-13(16-11-22-16)14-7-9-17(20)19-18(14)15;3*1-2/h3-9,16H,1-2,10-11H2,(H,19,20);2*1-2H3;1-2H/b5-4-;;;. The molecule has 0 amide bonds. The molecular formula is C24H31NO3. The Morgan fingerprint density at radius 1 is 1.25 bits per heavy atom. The molecule has 4 heteroatoms. The molecule has 3 rings (SSSR count). The first-order valence-electron chi connectivity index (χ1n) is 9.39. The van der Waals surface area contributed by atoms with Crippen molar-refractivity contribution in [1.29, 1.82) is 0 Å². The van der Waals surface area contributed by atoms with Crippen LogP contribution in [0.4, 0.5) is 0 Å². The Morgan fingerprint density at radius 2 is 1.89 bits per heavy atom. The Labute approximate surface area is 168 Å². The number of benzene rings is 1. The van der Waals surface area contributed by atoms with Crippen molar-refractivity contribution >= 4 is 10.9 Å². The van der Waals surface area contributed by atoms with Crippen molar-refractivity contribution in [2.75, 3.05) is 13.2 Å². The van der Waals surface area contributed by atoms with E-state index in [0.29, 0.717) is 17.9 Å². The van der Waals surface area contributed by atoms with Gasteiger partial charge in [-0.1, -0.05) is 65.1 Å². The zero-order valence-corrected chi connectivity index (χ0v) is 17.3. The summed E-state index contributed by atoms with van der Waals surface area (Å²) in [6.07, 6.45) is 13.4. The molecule has 0 saturated carbocycles. The Hall–Kier alpha value is -3.03. The molecule has 1 fully saturated rings. The maximum atomic E-state index is 11.6. The molecule has 1 unspecified atom stereocenters. The van der Waals surface area contributed by atoms with Crippen LogP contribution in [0.1, 0.15) is 39.4 Å². The van der Waals surface area contributed by atoms with E-state index in [1.807, 2.05) is 52.0 Å². The lowest BCUT2D eigenvalue weighted by molar-refractivity contribution is 0.359. The van der Waals surface area contributed by atoms with E-state index in [1.54, 1.807) is 12.2 Å². The average molecular weight is 382 g/mol. The van der Waals surface area contributed by atoms with Crippen LogP contribution in [0, 0.1) is 12.8 Å². The Morgan fingerprint density at radius 3 is 2.46 bits per heavy atom. The average Bonchev–Trinajstić information content (AvgIpc) is 3.60. The molecule has 28 heavy (non-hydrogen) atoms. The number of hydrogen-bond donors (Lipinski definition) is 1. The van der Waals surface area contributed by atoms with Crippen LogP contribution in [0.15, 0.2) is 66.0 Å². The van der Waals surface area contributed by atoms with Gasteiger partial charge >= 0.3 is 0 Å². The fourth-order valence-corrected chi connectivity index (χ4v) is 2.30. The molecule has 1 aromatic carbocycles. The smallest absolute Gasteiger partial charge is 0.248 e. The van der Waals surface area contributed by atoms with E-state index in [1.165, 1.54) is 6.07 Å². The lowest BCUT2D eigenvalue weighted by atomic mass is 10.1. The van der Waals surface area contributed by atoms with E-state index < -0.39 is 0 Å². The maximum absolute atomic E-state index is 11.6. The number of allylic oxidation sites excluding steroid dienone is 2. The molecule has 1 atom stereocenters. The van der Waals surface area contributed by atoms with Gasteiger partial charge in [-0.05, 0) is 23.3 Å². The molecule has 0 radical (unpaired) electrons. The predicted octanol–water partition coefficient (Wildman–Crippen LogP) is 5.58. The SMILES string of the molecule is C#C.C=C/C=C\C(=C)COc1ccc(C2CO2)c2ccc(=O)[nH]c12.CC.CC. The van der Waals surface area contributed by atoms with Crippen LogP contribution in [-0.4, -0.2) is 18.2 Å². The number of ether oxygens (including phenoxy) is 2. The minimum Gasteiger partial charge on any atom is -0.487 e. The molecule has 1 N–H and O–H groups in total. The van der Waals surface area contributed by atoms with Gasteiger partial charge in [-0.15, -0.1) is 12.8 Å². The monoisotopic (exact) mass is 381 g/mol. The van der Waals surface area contributed by atoms with Crippen LogP contribution < -0.4 is 10.3 Å². The van der Waals surface area contributed by atoms with Crippen LogP contribution >= 0.6 is 0 Å². The molecule has 0 aliphatic carbocycles. The maximum Gasteiger partial charge on any atom is 0.248 e. The van der Waals surface area contributed by atoms with Gasteiger partial charge in [-0.25, -0.2) is 0 Å². The van der Waals surface area contributed by atoms with Crippen molar-refractivity contribution < 1.29 is 9.47 Å². The van der Waals surface area contributed by atoms with Gasteiger partial charge in [0.15, 0.2) is 0 Å². The second kappa shape index (κ2) is 14.1. The zero-order chi connectivity index (χ0) is 21.5. The number of aromatic amines is 1. The van der Waals surface area contributed by atoms with E-state index in [-0.39, 0.29) is 11.7 Å². The van der Waals surface area contributed by atoms with Crippen LogP contribution in [0.2, 0.25) is 0 Å². The van der Waals surface area contributed by atoms with Crippen LogP contribution in [0.3, 0.4) is 0 Å². The number of pyridine rings is 1. The third-order valence-corrected chi connectivity index (χ3v) is 3.45. The number of epoxide rings is 1. The van der Waals surface area contributed by atoms with E-state index >= 15 is 0 Å². The fourth-order valence-electron chi connectivity index (χ4n) is 2.30. The molecule has 1 aliphatic heterocycles. The third-order valence-electron chi connectivity index (χ3n) is 3.45. The number of fused-ring (bicyclic) bond motifs is 1. The summed E-state index contributed by atoms with van der Waals surface area (Å²) in [5.74, 6) is 0.630. The number of aromatic nitrogens is 1. The van der Waals surface area contributed by atoms with E-state index in [9.17, 15) is 4.79 Å². The summed E-state index contributed by atoms with van der Waals surface area (Å²) in [5, 5.41) is 0.951. The highest BCUT2D eigenvalue weighted by molar-refractivity contribution is 5.88. The first-order chi connectivity index (χ1) is 13.7. The number of terminal acetylenes is 1. The van der Waals surface area contributed by atoms with Crippen molar-refractivity contribution in [3.8, 4) is 18.6 Å². The summed E-state index contributed by atoms with van der Waals surface area (Å²) in [7, 11) is 0. The van der Waals surface area contributed by atoms with E-state index in [0.717, 1.165) is 23.1 Å². The summed E-state index contributed by atoms with van der Waals surface area (Å²) in [6, 6.07) is 7.17. The van der Waals surface area contributed by atoms with Gasteiger partial charge in [0.05, 0.1) is 12.1 Å². The summed E-state index contributed by atoms with van der Waals surface area (Å²) in [5.41, 5.74) is 2.43. The number of nitrogens with one attached hydrogen (secondary N) is 1. The second-order valence-electron chi connectivity index (χ2n) is 5.13. The highest BCUT2D eigenvalue weighted by Gasteiger charge is 2.27. The van der Waals surface area contributed by atoms with Crippen LogP contribution in [-0.2, 0) is 4.74 Å². The lowest BCUT2D eigenvalue weighted by Gasteiger charge is -2.11. The third kappa shape index (κ3) is 7.30. The van der Waals surface area contributed by atoms with Crippen molar-refractivity contribution in [1.82, 2.24) is 4.98 Å². The van der Waals surface area contributed by atoms with Crippen molar-refractivity contribution in [2.24, 2.45) is 0 Å². The molecule has 150 valence electrons. The minimum absolute atomic E-state index is 0.118. The highest BCUT2D eigenvalue weighted by Crippen LogP contribution is 2.37. The normalized spacial score (nSPS) is 13.7. The summed E-state index contributed by atoms with van der Waals surface area (Å²) < 4.78 is 11.1. The topological polar surface area (TPSA) is 54.6 Å². The zero-order valence-electron chi connectivity index (χ0n) is 17.3. The Kier molecular flexibility index (Phi) is 12.6. The molecule has 4 nitrogen and oxygen atoms in total. The van der Waals surface area contributed by atoms with Crippen molar-refractivity contribution in [3.63, 3.8) is 0 Å². The predicted molar refractivity (Wildman–Crippen MR) is 120 cm³/mol. The number of hydrogen-bond acceptors (Lipinski definition) is 3. The summed E-state index contributed by atoms with van der Waals surface area (Å²) in [6.45, 7) is 16.6. The quantitative estimate of drug-likeness (QED) is 0.404. The number of H-pyrrole nitrogens is 1. The van der Waals surface area contributed by atoms with Gasteiger partial charge in [0.25, 0.3) is 0 Å². The second-order valence-corrected chi connectivity index (χ2v) is 5.13. The minimum atomic E-state index is -0.156. The fraction of sp³-hybridized carbons (Fsp3) is 0.292. The van der Waals surface area contributed by atoms with Gasteiger partial charge in [-0.2, -0.15) is 0 Å². The Bertz CT molecular complexity index is 855. The first-order valence-corrected chi connectivity index (χ1v) is 9.39. The van der Waals surface area contributed by atoms with E-state index in [2.05, 4.69) is 31.0 Å². The van der Waals surface area contributed by atoms with Crippen molar-refractivity contribution in [2.45, 2.75) is 33.8 Å². The molecule has 1 saturated heterocycles. The van der Waals surface area contributed by atoms with Crippen LogP contribution in [0.5, 0.6) is 5.75 Å². The molecule has 1 aliphatic rings. The van der Waals surface area contributed by atoms with Crippen molar-refractivity contribution in [3.05, 3.63) is 77.1 Å². The molecule has 2 aromatic rings. The molecular weight excluding hydrogens is 350 g/mol. The molecule has 0 spiro atoms. The van der Waals surface area contributed by atoms with Gasteiger partial charge in [-0.3, -0.25) is 4.79 Å². The number of rotatable bonds is 6. The van der Waals surface area contributed by atoms with Gasteiger partial charge in [0, 0.05) is 11.5 Å². The molecule has 2 heterocycles. The summed E-state index contributed by atoms with van der Waals surface area (Å²) >= 11 is 0. The van der Waals surface area contributed by atoms with Gasteiger partial charge in [0.1, 0.15) is 18.5 Å². The van der Waals surface area contributed by atoms with E-state index in [4.69, 9.17) is 9.47 Å². The molecule has 0 bridgehead atoms. The van der Waals surface area contributed by atoms with Gasteiger partial charge < -0.3 is 14.5 Å². The summed E-state index contributed by atoms with van der Waals surface area (Å²) in [4.78, 5) is 14.5. The van der Waals surface area contributed by atoms with Crippen LogP contribution in [0.25, 0.3) is 10.9 Å². The Balaban J connectivity index is 0.00000111. The lowest BCUT2D eigenvalue weighted by Crippen LogP contribution is -2.06. The first kappa shape index (κ1) is 25.0. The molecule has 1 aromatic heterocycles.